The molecule has 12 heavy (non-hydrogen) atoms. The Hall–Kier alpha value is -0.740. The highest BCUT2D eigenvalue weighted by Gasteiger charge is 2.44. The second-order valence-electron chi connectivity index (χ2n) is 4.18. The first-order chi connectivity index (χ1) is 5.63. The number of hydrogen-bond acceptors (Lipinski definition) is 1. The van der Waals surface area contributed by atoms with E-state index in [4.69, 9.17) is 6.42 Å². The summed E-state index contributed by atoms with van der Waals surface area (Å²) in [6, 6.07) is 0. The highest BCUT2D eigenvalue weighted by molar-refractivity contribution is 5.19. The lowest BCUT2D eigenvalue weighted by atomic mass is 9.80. The molecule has 1 N–H and O–H groups in total. The highest BCUT2D eigenvalue weighted by atomic mass is 16.3. The number of terminal acetylenes is 1. The van der Waals surface area contributed by atoms with Crippen molar-refractivity contribution in [2.24, 2.45) is 17.8 Å². The molecule has 0 heterocycles. The molecule has 4 atom stereocenters. The predicted octanol–water partition coefficient (Wildman–Crippen LogP) is 1.58. The smallest absolute Gasteiger partial charge is 0.125 e. The average Bonchev–Trinajstić information content (AvgIpc) is 2.64. The van der Waals surface area contributed by atoms with E-state index in [0.29, 0.717) is 11.8 Å². The van der Waals surface area contributed by atoms with Crippen molar-refractivity contribution >= 4 is 0 Å². The third-order valence-corrected chi connectivity index (χ3v) is 3.29. The van der Waals surface area contributed by atoms with Crippen LogP contribution in [0.2, 0.25) is 0 Å². The van der Waals surface area contributed by atoms with Gasteiger partial charge in [0.2, 0.25) is 0 Å². The average molecular weight is 162 g/mol. The number of hydrogen-bond donors (Lipinski definition) is 1. The lowest BCUT2D eigenvalue weighted by Crippen LogP contribution is -2.35. The molecule has 2 aliphatic carbocycles. The maximum Gasteiger partial charge on any atom is 0.125 e. The molecule has 0 amide bonds. The van der Waals surface area contributed by atoms with Gasteiger partial charge in [0, 0.05) is 5.92 Å². The molecule has 2 unspecified atom stereocenters. The third kappa shape index (κ3) is 0.990. The summed E-state index contributed by atoms with van der Waals surface area (Å²) in [7, 11) is 0. The van der Waals surface area contributed by atoms with Crippen molar-refractivity contribution < 1.29 is 5.11 Å². The summed E-state index contributed by atoms with van der Waals surface area (Å²) >= 11 is 0. The van der Waals surface area contributed by atoms with Gasteiger partial charge in [-0.25, -0.2) is 0 Å². The van der Waals surface area contributed by atoms with Crippen LogP contribution in [0.25, 0.3) is 0 Å². The van der Waals surface area contributed by atoms with E-state index in [2.05, 4.69) is 18.1 Å². The molecule has 2 bridgehead atoms. The zero-order valence-electron chi connectivity index (χ0n) is 7.33. The van der Waals surface area contributed by atoms with E-state index < -0.39 is 5.60 Å². The van der Waals surface area contributed by atoms with E-state index in [1.54, 1.807) is 6.92 Å². The first-order valence-electron chi connectivity index (χ1n) is 4.52. The maximum atomic E-state index is 9.88. The number of rotatable bonds is 1. The van der Waals surface area contributed by atoms with Crippen LogP contribution in [0.1, 0.15) is 19.8 Å². The molecular weight excluding hydrogens is 148 g/mol. The Bertz CT molecular complexity index is 257. The topological polar surface area (TPSA) is 20.2 Å². The van der Waals surface area contributed by atoms with Gasteiger partial charge in [-0.1, -0.05) is 18.1 Å². The van der Waals surface area contributed by atoms with E-state index in [9.17, 15) is 5.11 Å². The van der Waals surface area contributed by atoms with E-state index in [0.717, 1.165) is 6.42 Å². The SMILES string of the molecule is C#CC(C)(O)C1C[C@H]2C=C[C@@H]1C2. The largest absolute Gasteiger partial charge is 0.378 e. The quantitative estimate of drug-likeness (QED) is 0.458. The number of aliphatic hydroxyl groups is 1. The van der Waals surface area contributed by atoms with Crippen LogP contribution in [0.3, 0.4) is 0 Å². The summed E-state index contributed by atoms with van der Waals surface area (Å²) in [5.41, 5.74) is -0.899. The third-order valence-electron chi connectivity index (χ3n) is 3.29. The van der Waals surface area contributed by atoms with Gasteiger partial charge in [0.1, 0.15) is 5.60 Å². The molecule has 2 aliphatic rings. The molecule has 0 spiro atoms. The molecule has 0 radical (unpaired) electrons. The number of fused-ring (bicyclic) bond motifs is 2. The van der Waals surface area contributed by atoms with Gasteiger partial charge in [-0.2, -0.15) is 0 Å². The zero-order valence-corrected chi connectivity index (χ0v) is 7.33. The van der Waals surface area contributed by atoms with Crippen LogP contribution in [0.5, 0.6) is 0 Å². The summed E-state index contributed by atoms with van der Waals surface area (Å²) in [5.74, 6) is 3.99. The van der Waals surface area contributed by atoms with E-state index in [1.165, 1.54) is 6.42 Å². The number of allylic oxidation sites excluding steroid dienone is 2. The summed E-state index contributed by atoms with van der Waals surface area (Å²) in [4.78, 5) is 0. The zero-order chi connectivity index (χ0) is 8.77. The second kappa shape index (κ2) is 2.37. The second-order valence-corrected chi connectivity index (χ2v) is 4.18. The van der Waals surface area contributed by atoms with Crippen LogP contribution in [0.4, 0.5) is 0 Å². The molecule has 1 heteroatoms. The molecule has 1 nitrogen and oxygen atoms in total. The monoisotopic (exact) mass is 162 g/mol. The van der Waals surface area contributed by atoms with Crippen molar-refractivity contribution in [1.82, 2.24) is 0 Å². The van der Waals surface area contributed by atoms with Crippen LogP contribution < -0.4 is 0 Å². The van der Waals surface area contributed by atoms with Gasteiger partial charge in [-0.05, 0) is 31.6 Å². The van der Waals surface area contributed by atoms with Gasteiger partial charge in [0.05, 0.1) is 0 Å². The van der Waals surface area contributed by atoms with Crippen LogP contribution in [-0.2, 0) is 0 Å². The van der Waals surface area contributed by atoms with Gasteiger partial charge >= 0.3 is 0 Å². The summed E-state index contributed by atoms with van der Waals surface area (Å²) in [6.07, 6.45) is 12.0. The van der Waals surface area contributed by atoms with Crippen LogP contribution in [0, 0.1) is 30.1 Å². The summed E-state index contributed by atoms with van der Waals surface area (Å²) in [5, 5.41) is 9.88. The Morgan fingerprint density at radius 2 is 2.25 bits per heavy atom. The Morgan fingerprint density at radius 3 is 2.67 bits per heavy atom. The van der Waals surface area contributed by atoms with Gasteiger partial charge in [-0.15, -0.1) is 6.42 Å². The van der Waals surface area contributed by atoms with Crippen molar-refractivity contribution in [3.63, 3.8) is 0 Å². The lowest BCUT2D eigenvalue weighted by molar-refractivity contribution is 0.0434. The fourth-order valence-corrected chi connectivity index (χ4v) is 2.53. The van der Waals surface area contributed by atoms with Crippen molar-refractivity contribution in [3.8, 4) is 12.3 Å². The van der Waals surface area contributed by atoms with Gasteiger partial charge in [-0.3, -0.25) is 0 Å². The summed E-state index contributed by atoms with van der Waals surface area (Å²) in [6.45, 7) is 1.76. The van der Waals surface area contributed by atoms with E-state index >= 15 is 0 Å². The Labute approximate surface area is 73.5 Å². The minimum atomic E-state index is -0.899. The van der Waals surface area contributed by atoms with Crippen molar-refractivity contribution in [3.05, 3.63) is 12.2 Å². The van der Waals surface area contributed by atoms with Gasteiger partial charge in [0.25, 0.3) is 0 Å². The molecule has 0 aromatic rings. The summed E-state index contributed by atoms with van der Waals surface area (Å²) < 4.78 is 0. The van der Waals surface area contributed by atoms with E-state index in [-0.39, 0.29) is 5.92 Å². The molecule has 0 saturated heterocycles. The van der Waals surface area contributed by atoms with Crippen molar-refractivity contribution in [2.45, 2.75) is 25.4 Å². The molecule has 0 aromatic carbocycles. The lowest BCUT2D eigenvalue weighted by Gasteiger charge is -2.29. The van der Waals surface area contributed by atoms with E-state index in [1.807, 2.05) is 0 Å². The van der Waals surface area contributed by atoms with Gasteiger partial charge < -0.3 is 5.11 Å². The fourth-order valence-electron chi connectivity index (χ4n) is 2.53. The Morgan fingerprint density at radius 1 is 1.50 bits per heavy atom. The van der Waals surface area contributed by atoms with Crippen molar-refractivity contribution in [2.75, 3.05) is 0 Å². The molecule has 0 aliphatic heterocycles. The molecule has 1 saturated carbocycles. The van der Waals surface area contributed by atoms with Crippen LogP contribution in [0.15, 0.2) is 12.2 Å². The minimum absolute atomic E-state index is 0.289. The maximum absolute atomic E-state index is 9.88. The first-order valence-corrected chi connectivity index (χ1v) is 4.52. The molecule has 64 valence electrons. The molecular formula is C11H14O. The van der Waals surface area contributed by atoms with Crippen molar-refractivity contribution in [1.29, 1.82) is 0 Å². The fraction of sp³-hybridized carbons (Fsp3) is 0.636. The standard InChI is InChI=1S/C11H14O/c1-3-11(2,12)10-7-8-4-5-9(10)6-8/h1,4-5,8-10,12H,6-7H2,2H3/t8-,9+,10?,11?/m0/s1. The minimum Gasteiger partial charge on any atom is -0.378 e. The van der Waals surface area contributed by atoms with Crippen LogP contribution in [-0.4, -0.2) is 10.7 Å². The molecule has 0 aromatic heterocycles. The van der Waals surface area contributed by atoms with Gasteiger partial charge in [0.15, 0.2) is 0 Å². The predicted molar refractivity (Wildman–Crippen MR) is 48.3 cm³/mol. The molecule has 2 rings (SSSR count). The first kappa shape index (κ1) is 7.89. The normalized spacial score (nSPS) is 42.6. The highest BCUT2D eigenvalue weighted by Crippen LogP contribution is 2.47. The Balaban J connectivity index is 2.19. The Kier molecular flexibility index (Phi) is 1.56. The van der Waals surface area contributed by atoms with Crippen LogP contribution >= 0.6 is 0 Å². The molecule has 1 fully saturated rings.